The molecule has 0 radical (unpaired) electrons. The number of halogens is 1. The minimum absolute atomic E-state index is 0.486. The summed E-state index contributed by atoms with van der Waals surface area (Å²) in [5.74, 6) is 0. The zero-order valence-electron chi connectivity index (χ0n) is 10.4. The Balaban J connectivity index is 2.65. The first-order valence-corrected chi connectivity index (χ1v) is 6.67. The van der Waals surface area contributed by atoms with Crippen LogP contribution in [0.1, 0.15) is 12.5 Å². The highest BCUT2D eigenvalue weighted by Crippen LogP contribution is 2.15. The fraction of sp³-hybridized carbons (Fsp3) is 0.333. The Morgan fingerprint density at radius 1 is 1.29 bits per heavy atom. The van der Waals surface area contributed by atoms with Crippen LogP contribution in [0.4, 0.5) is 0 Å². The van der Waals surface area contributed by atoms with Gasteiger partial charge in [0.15, 0.2) is 0 Å². The lowest BCUT2D eigenvalue weighted by atomic mass is 10.1. The van der Waals surface area contributed by atoms with Crippen molar-refractivity contribution in [3.05, 3.63) is 59.6 Å². The molecule has 0 fully saturated rings. The van der Waals surface area contributed by atoms with Crippen molar-refractivity contribution >= 4 is 15.9 Å². The maximum absolute atomic E-state index is 3.80. The van der Waals surface area contributed by atoms with E-state index in [2.05, 4.69) is 65.2 Å². The predicted molar refractivity (Wildman–Crippen MR) is 79.3 cm³/mol. The molecule has 0 aromatic heterocycles. The van der Waals surface area contributed by atoms with Crippen LogP contribution in [0.15, 0.2) is 54.0 Å². The third-order valence-electron chi connectivity index (χ3n) is 2.77. The molecule has 1 atom stereocenters. The molecule has 92 valence electrons. The van der Waals surface area contributed by atoms with Gasteiger partial charge in [0.05, 0.1) is 0 Å². The molecule has 1 aromatic rings. The predicted octanol–water partition coefficient (Wildman–Crippen LogP) is 4.05. The zero-order valence-corrected chi connectivity index (χ0v) is 12.0. The summed E-state index contributed by atoms with van der Waals surface area (Å²) in [5, 5.41) is 0. The lowest BCUT2D eigenvalue weighted by molar-refractivity contribution is 0.255. The van der Waals surface area contributed by atoms with Crippen LogP contribution in [-0.2, 0) is 6.42 Å². The molecule has 0 bridgehead atoms. The standard InChI is InChI=1S/C15H20BrN/c1-4-9-17(10-5-2)13(3)11-14-7-6-8-15(16)12-14/h4-8,12-13H,1-2,9-11H2,3H3. The van der Waals surface area contributed by atoms with Crippen LogP contribution in [0.5, 0.6) is 0 Å². The fourth-order valence-corrected chi connectivity index (χ4v) is 2.35. The number of hydrogen-bond donors (Lipinski definition) is 0. The highest BCUT2D eigenvalue weighted by molar-refractivity contribution is 9.10. The maximum atomic E-state index is 3.80. The first kappa shape index (κ1) is 14.2. The summed E-state index contributed by atoms with van der Waals surface area (Å²) in [6, 6.07) is 8.97. The molecule has 0 heterocycles. The molecule has 1 nitrogen and oxygen atoms in total. The molecule has 0 saturated carbocycles. The first-order chi connectivity index (χ1) is 8.17. The van der Waals surface area contributed by atoms with Crippen LogP contribution in [-0.4, -0.2) is 24.0 Å². The van der Waals surface area contributed by atoms with Gasteiger partial charge in [-0.05, 0) is 31.0 Å². The van der Waals surface area contributed by atoms with Crippen LogP contribution in [0.3, 0.4) is 0 Å². The average molecular weight is 294 g/mol. The van der Waals surface area contributed by atoms with Crippen LogP contribution in [0.2, 0.25) is 0 Å². The van der Waals surface area contributed by atoms with E-state index in [1.165, 1.54) is 5.56 Å². The Labute approximate surface area is 113 Å². The van der Waals surface area contributed by atoms with Crippen molar-refractivity contribution in [2.24, 2.45) is 0 Å². The molecule has 0 saturated heterocycles. The van der Waals surface area contributed by atoms with Gasteiger partial charge in [-0.3, -0.25) is 4.90 Å². The first-order valence-electron chi connectivity index (χ1n) is 5.87. The molecular formula is C15H20BrN. The van der Waals surface area contributed by atoms with Crippen LogP contribution >= 0.6 is 15.9 Å². The third-order valence-corrected chi connectivity index (χ3v) is 3.26. The second kappa shape index (κ2) is 7.46. The molecule has 0 N–H and O–H groups in total. The Morgan fingerprint density at radius 3 is 2.47 bits per heavy atom. The molecule has 0 aliphatic heterocycles. The van der Waals surface area contributed by atoms with E-state index in [-0.39, 0.29) is 0 Å². The van der Waals surface area contributed by atoms with Crippen LogP contribution in [0.25, 0.3) is 0 Å². The van der Waals surface area contributed by atoms with Gasteiger partial charge in [-0.25, -0.2) is 0 Å². The van der Waals surface area contributed by atoms with E-state index < -0.39 is 0 Å². The number of rotatable bonds is 7. The van der Waals surface area contributed by atoms with Gasteiger partial charge in [0.25, 0.3) is 0 Å². The summed E-state index contributed by atoms with van der Waals surface area (Å²) in [4.78, 5) is 2.36. The summed E-state index contributed by atoms with van der Waals surface area (Å²) in [5.41, 5.74) is 1.35. The van der Waals surface area contributed by atoms with Crippen LogP contribution < -0.4 is 0 Å². The zero-order chi connectivity index (χ0) is 12.7. The second-order valence-electron chi connectivity index (χ2n) is 4.21. The molecule has 2 heteroatoms. The van der Waals surface area contributed by atoms with E-state index in [1.54, 1.807) is 0 Å². The second-order valence-corrected chi connectivity index (χ2v) is 5.13. The summed E-state index contributed by atoms with van der Waals surface area (Å²) < 4.78 is 1.14. The van der Waals surface area contributed by atoms with E-state index in [0.29, 0.717) is 6.04 Å². The van der Waals surface area contributed by atoms with Gasteiger partial charge in [-0.2, -0.15) is 0 Å². The molecule has 0 aliphatic carbocycles. The fourth-order valence-electron chi connectivity index (χ4n) is 1.90. The lowest BCUT2D eigenvalue weighted by Gasteiger charge is -2.26. The van der Waals surface area contributed by atoms with Crippen molar-refractivity contribution in [3.63, 3.8) is 0 Å². The average Bonchev–Trinajstić information content (AvgIpc) is 2.28. The lowest BCUT2D eigenvalue weighted by Crippen LogP contribution is -2.34. The Morgan fingerprint density at radius 2 is 1.94 bits per heavy atom. The smallest absolute Gasteiger partial charge is 0.0178 e. The monoisotopic (exact) mass is 293 g/mol. The molecule has 0 spiro atoms. The summed E-state index contributed by atoms with van der Waals surface area (Å²) >= 11 is 3.50. The van der Waals surface area contributed by atoms with Gasteiger partial charge < -0.3 is 0 Å². The topological polar surface area (TPSA) is 3.24 Å². The largest absolute Gasteiger partial charge is 0.293 e. The van der Waals surface area contributed by atoms with Crippen molar-refractivity contribution in [2.75, 3.05) is 13.1 Å². The summed E-state index contributed by atoms with van der Waals surface area (Å²) in [6.07, 6.45) is 4.93. The molecular weight excluding hydrogens is 274 g/mol. The summed E-state index contributed by atoms with van der Waals surface area (Å²) in [6.45, 7) is 11.7. The van der Waals surface area contributed by atoms with Gasteiger partial charge in [0, 0.05) is 23.6 Å². The van der Waals surface area contributed by atoms with E-state index in [1.807, 2.05) is 12.2 Å². The van der Waals surface area contributed by atoms with Gasteiger partial charge in [0.1, 0.15) is 0 Å². The van der Waals surface area contributed by atoms with E-state index in [4.69, 9.17) is 0 Å². The molecule has 0 amide bonds. The van der Waals surface area contributed by atoms with E-state index in [9.17, 15) is 0 Å². The third kappa shape index (κ3) is 4.88. The van der Waals surface area contributed by atoms with Crippen molar-refractivity contribution in [1.82, 2.24) is 4.90 Å². The van der Waals surface area contributed by atoms with Gasteiger partial charge in [-0.15, -0.1) is 13.2 Å². The minimum atomic E-state index is 0.486. The highest BCUT2D eigenvalue weighted by Gasteiger charge is 2.11. The Bertz CT molecular complexity index is 363. The Kier molecular flexibility index (Phi) is 6.23. The quantitative estimate of drug-likeness (QED) is 0.686. The van der Waals surface area contributed by atoms with Crippen molar-refractivity contribution < 1.29 is 0 Å². The summed E-state index contributed by atoms with van der Waals surface area (Å²) in [7, 11) is 0. The molecule has 17 heavy (non-hydrogen) atoms. The number of benzene rings is 1. The molecule has 1 rings (SSSR count). The Hall–Kier alpha value is -0.860. The number of nitrogens with zero attached hydrogens (tertiary/aromatic N) is 1. The van der Waals surface area contributed by atoms with Crippen molar-refractivity contribution in [1.29, 1.82) is 0 Å². The highest BCUT2D eigenvalue weighted by atomic mass is 79.9. The number of hydrogen-bond acceptors (Lipinski definition) is 1. The van der Waals surface area contributed by atoms with Gasteiger partial charge in [0.2, 0.25) is 0 Å². The van der Waals surface area contributed by atoms with E-state index in [0.717, 1.165) is 24.0 Å². The van der Waals surface area contributed by atoms with Gasteiger partial charge in [-0.1, -0.05) is 40.2 Å². The van der Waals surface area contributed by atoms with Gasteiger partial charge >= 0.3 is 0 Å². The molecule has 0 aliphatic rings. The SMILES string of the molecule is C=CCN(CC=C)C(C)Cc1cccc(Br)c1. The molecule has 1 aromatic carbocycles. The minimum Gasteiger partial charge on any atom is -0.293 e. The normalized spacial score (nSPS) is 12.4. The van der Waals surface area contributed by atoms with Crippen molar-refractivity contribution in [3.8, 4) is 0 Å². The maximum Gasteiger partial charge on any atom is 0.0178 e. The van der Waals surface area contributed by atoms with Crippen LogP contribution in [0, 0.1) is 0 Å². The molecule has 1 unspecified atom stereocenters. The van der Waals surface area contributed by atoms with E-state index >= 15 is 0 Å². The van der Waals surface area contributed by atoms with Crippen molar-refractivity contribution in [2.45, 2.75) is 19.4 Å².